The number of methoxy groups -OCH3 is 3. The lowest BCUT2D eigenvalue weighted by Gasteiger charge is -2.13. The molecule has 0 aliphatic rings. The second-order valence-electron chi connectivity index (χ2n) is 7.15. The summed E-state index contributed by atoms with van der Waals surface area (Å²) >= 11 is 3.32. The number of ether oxygens (including phenoxy) is 3. The number of aryl methyl sites for hydroxylation is 1. The summed E-state index contributed by atoms with van der Waals surface area (Å²) in [6.07, 6.45) is 1.38. The second kappa shape index (κ2) is 11.2. The van der Waals surface area contributed by atoms with Gasteiger partial charge in [-0.05, 0) is 70.9 Å². The molecule has 0 spiro atoms. The molecule has 11 heteroatoms. The Bertz CT molecular complexity index is 1360. The topological polar surface area (TPSA) is 113 Å². The number of halogens is 1. The van der Waals surface area contributed by atoms with Gasteiger partial charge in [-0.3, -0.25) is 4.79 Å². The largest absolute Gasteiger partial charge is 0.493 e. The van der Waals surface area contributed by atoms with Crippen LogP contribution in [-0.4, -0.2) is 41.9 Å². The summed E-state index contributed by atoms with van der Waals surface area (Å²) in [5, 5.41) is 3.96. The summed E-state index contributed by atoms with van der Waals surface area (Å²) in [4.78, 5) is 12.4. The van der Waals surface area contributed by atoms with E-state index in [2.05, 4.69) is 26.5 Å². The number of hydrogen-bond donors (Lipinski definition) is 1. The molecule has 0 radical (unpaired) electrons. The average Bonchev–Trinajstić information content (AvgIpc) is 2.85. The standard InChI is InChI=1S/C24H23BrN2O7S/c1-15-5-8-18(9-6-15)35(29,30)34-23-19(25)11-16(12-22(23)33-4)14-26-27-24(28)17-7-10-20(31-2)21(13-17)32-3/h5-14H,1-4H3,(H,27,28)/b26-14+. The van der Waals surface area contributed by atoms with E-state index in [1.54, 1.807) is 30.3 Å². The van der Waals surface area contributed by atoms with Crippen molar-refractivity contribution in [2.24, 2.45) is 5.10 Å². The lowest BCUT2D eigenvalue weighted by Crippen LogP contribution is -2.17. The molecule has 184 valence electrons. The van der Waals surface area contributed by atoms with Crippen LogP contribution >= 0.6 is 15.9 Å². The fraction of sp³-hybridized carbons (Fsp3) is 0.167. The van der Waals surface area contributed by atoms with E-state index in [9.17, 15) is 13.2 Å². The van der Waals surface area contributed by atoms with E-state index in [1.807, 2.05) is 6.92 Å². The van der Waals surface area contributed by atoms with E-state index < -0.39 is 16.0 Å². The van der Waals surface area contributed by atoms with Gasteiger partial charge in [0.1, 0.15) is 4.90 Å². The molecule has 0 heterocycles. The Hall–Kier alpha value is -3.57. The molecule has 0 saturated heterocycles. The zero-order chi connectivity index (χ0) is 25.6. The Kier molecular flexibility index (Phi) is 8.36. The van der Waals surface area contributed by atoms with Crippen LogP contribution in [0.5, 0.6) is 23.0 Å². The van der Waals surface area contributed by atoms with Gasteiger partial charge in [0.15, 0.2) is 23.0 Å². The lowest BCUT2D eigenvalue weighted by atomic mass is 10.2. The molecule has 0 aliphatic carbocycles. The van der Waals surface area contributed by atoms with Gasteiger partial charge in [0.25, 0.3) is 5.91 Å². The highest BCUT2D eigenvalue weighted by molar-refractivity contribution is 9.10. The molecule has 0 bridgehead atoms. The Morgan fingerprint density at radius 2 is 1.57 bits per heavy atom. The smallest absolute Gasteiger partial charge is 0.339 e. The van der Waals surface area contributed by atoms with Gasteiger partial charge in [-0.25, -0.2) is 5.43 Å². The van der Waals surface area contributed by atoms with Gasteiger partial charge in [-0.15, -0.1) is 0 Å². The van der Waals surface area contributed by atoms with Crippen molar-refractivity contribution < 1.29 is 31.6 Å². The number of hydrogen-bond acceptors (Lipinski definition) is 8. The van der Waals surface area contributed by atoms with E-state index in [0.29, 0.717) is 27.1 Å². The summed E-state index contributed by atoms with van der Waals surface area (Å²) in [5.74, 6) is 0.588. The SMILES string of the molecule is COc1ccc(C(=O)N/N=C/c2cc(Br)c(OS(=O)(=O)c3ccc(C)cc3)c(OC)c2)cc1OC. The monoisotopic (exact) mass is 562 g/mol. The van der Waals surface area contributed by atoms with Crippen LogP contribution in [0.3, 0.4) is 0 Å². The van der Waals surface area contributed by atoms with Crippen molar-refractivity contribution in [3.05, 3.63) is 75.8 Å². The number of benzene rings is 3. The second-order valence-corrected chi connectivity index (χ2v) is 9.55. The van der Waals surface area contributed by atoms with Crippen molar-refractivity contribution in [2.45, 2.75) is 11.8 Å². The summed E-state index contributed by atoms with van der Waals surface area (Å²) in [6, 6.07) is 14.1. The fourth-order valence-electron chi connectivity index (χ4n) is 2.97. The number of carbonyl (C=O) groups is 1. The van der Waals surface area contributed by atoms with Gasteiger partial charge in [0.2, 0.25) is 0 Å². The molecule has 0 saturated carbocycles. The molecule has 3 aromatic rings. The molecule has 3 aromatic carbocycles. The fourth-order valence-corrected chi connectivity index (χ4v) is 4.57. The van der Waals surface area contributed by atoms with Crippen LogP contribution in [0.15, 0.2) is 69.1 Å². The molecule has 0 fully saturated rings. The minimum Gasteiger partial charge on any atom is -0.493 e. The van der Waals surface area contributed by atoms with Crippen LogP contribution < -0.4 is 23.8 Å². The normalized spacial score (nSPS) is 11.2. The zero-order valence-corrected chi connectivity index (χ0v) is 21.8. The third kappa shape index (κ3) is 6.31. The van der Waals surface area contributed by atoms with Gasteiger partial charge in [-0.1, -0.05) is 17.7 Å². The molecule has 1 amide bonds. The molecule has 0 aliphatic heterocycles. The lowest BCUT2D eigenvalue weighted by molar-refractivity contribution is 0.0954. The highest BCUT2D eigenvalue weighted by Crippen LogP contribution is 2.38. The molecule has 1 N–H and O–H groups in total. The number of nitrogens with one attached hydrogen (secondary N) is 1. The predicted molar refractivity (Wildman–Crippen MR) is 134 cm³/mol. The highest BCUT2D eigenvalue weighted by atomic mass is 79.9. The van der Waals surface area contributed by atoms with E-state index in [0.717, 1.165) is 5.56 Å². The molecular weight excluding hydrogens is 540 g/mol. The first-order valence-corrected chi connectivity index (χ1v) is 12.3. The summed E-state index contributed by atoms with van der Waals surface area (Å²) in [7, 11) is 0.271. The van der Waals surface area contributed by atoms with Gasteiger partial charge in [0, 0.05) is 5.56 Å². The van der Waals surface area contributed by atoms with Crippen molar-refractivity contribution in [1.29, 1.82) is 0 Å². The molecule has 35 heavy (non-hydrogen) atoms. The number of hydrazone groups is 1. The van der Waals surface area contributed by atoms with Crippen LogP contribution in [0.1, 0.15) is 21.5 Å². The van der Waals surface area contributed by atoms with Crippen LogP contribution in [-0.2, 0) is 10.1 Å². The van der Waals surface area contributed by atoms with Crippen molar-refractivity contribution in [2.75, 3.05) is 21.3 Å². The molecular formula is C24H23BrN2O7S. The number of rotatable bonds is 9. The van der Waals surface area contributed by atoms with Gasteiger partial charge >= 0.3 is 10.1 Å². The van der Waals surface area contributed by atoms with Crippen molar-refractivity contribution >= 4 is 38.2 Å². The summed E-state index contributed by atoms with van der Waals surface area (Å²) in [5.41, 5.74) is 4.18. The quantitative estimate of drug-likeness (QED) is 0.235. The minimum atomic E-state index is -4.09. The Balaban J connectivity index is 1.77. The van der Waals surface area contributed by atoms with Gasteiger partial charge in [-0.2, -0.15) is 13.5 Å². The predicted octanol–water partition coefficient (Wildman–Crippen LogP) is 4.31. The maximum atomic E-state index is 12.7. The third-order valence-corrected chi connectivity index (χ3v) is 6.60. The molecule has 0 aromatic heterocycles. The zero-order valence-electron chi connectivity index (χ0n) is 19.4. The molecule has 0 atom stereocenters. The minimum absolute atomic E-state index is 0.0143. The van der Waals surface area contributed by atoms with Crippen LogP contribution in [0, 0.1) is 6.92 Å². The number of carbonyl (C=O) groups excluding carboxylic acids is 1. The number of amides is 1. The first kappa shape index (κ1) is 26.0. The van der Waals surface area contributed by atoms with Gasteiger partial charge in [0.05, 0.1) is 32.0 Å². The maximum Gasteiger partial charge on any atom is 0.339 e. The van der Waals surface area contributed by atoms with Crippen molar-refractivity contribution in [3.8, 4) is 23.0 Å². The van der Waals surface area contributed by atoms with Crippen LogP contribution in [0.25, 0.3) is 0 Å². The molecule has 3 rings (SSSR count). The Morgan fingerprint density at radius 1 is 0.914 bits per heavy atom. The first-order valence-electron chi connectivity index (χ1n) is 10.1. The summed E-state index contributed by atoms with van der Waals surface area (Å²) in [6.45, 7) is 1.85. The Labute approximate surface area is 211 Å². The summed E-state index contributed by atoms with van der Waals surface area (Å²) < 4.78 is 46.7. The third-order valence-electron chi connectivity index (χ3n) is 4.78. The molecule has 9 nitrogen and oxygen atoms in total. The number of nitrogens with zero attached hydrogens (tertiary/aromatic N) is 1. The van der Waals surface area contributed by atoms with Crippen molar-refractivity contribution in [1.82, 2.24) is 5.43 Å². The maximum absolute atomic E-state index is 12.7. The molecule has 0 unspecified atom stereocenters. The van der Waals surface area contributed by atoms with Crippen molar-refractivity contribution in [3.63, 3.8) is 0 Å². The van der Waals surface area contributed by atoms with Crippen LogP contribution in [0.4, 0.5) is 0 Å². The first-order chi connectivity index (χ1) is 16.7. The highest BCUT2D eigenvalue weighted by Gasteiger charge is 2.22. The van der Waals surface area contributed by atoms with Gasteiger partial charge < -0.3 is 18.4 Å². The van der Waals surface area contributed by atoms with E-state index in [4.69, 9.17) is 18.4 Å². The van der Waals surface area contributed by atoms with E-state index in [1.165, 1.54) is 51.8 Å². The Morgan fingerprint density at radius 3 is 2.20 bits per heavy atom. The van der Waals surface area contributed by atoms with Crippen LogP contribution in [0.2, 0.25) is 0 Å². The van der Waals surface area contributed by atoms with E-state index >= 15 is 0 Å². The van der Waals surface area contributed by atoms with E-state index in [-0.39, 0.29) is 16.4 Å². The average molecular weight is 563 g/mol.